The van der Waals surface area contributed by atoms with E-state index in [0.717, 1.165) is 5.56 Å². The quantitative estimate of drug-likeness (QED) is 0.789. The molecule has 0 saturated heterocycles. The molecule has 0 saturated carbocycles. The van der Waals surface area contributed by atoms with Crippen LogP contribution in [-0.2, 0) is 6.61 Å². The average molecular weight is 316 g/mol. The summed E-state index contributed by atoms with van der Waals surface area (Å²) in [6.45, 7) is 0.302. The van der Waals surface area contributed by atoms with Crippen molar-refractivity contribution < 1.29 is 9.13 Å². The van der Waals surface area contributed by atoms with Gasteiger partial charge in [0.25, 0.3) is 0 Å². The lowest BCUT2D eigenvalue weighted by Crippen LogP contribution is -1.96. The van der Waals surface area contributed by atoms with Crippen molar-refractivity contribution >= 4 is 27.5 Å². The van der Waals surface area contributed by atoms with E-state index in [1.807, 2.05) is 6.07 Å². The Hall–Kier alpha value is -1.06. The Kier molecular flexibility index (Phi) is 4.02. The zero-order valence-electron chi connectivity index (χ0n) is 8.79. The van der Waals surface area contributed by atoms with Gasteiger partial charge in [0, 0.05) is 9.50 Å². The third-order valence-corrected chi connectivity index (χ3v) is 2.82. The Morgan fingerprint density at radius 2 is 2.00 bits per heavy atom. The van der Waals surface area contributed by atoms with Crippen LogP contribution in [0.4, 0.5) is 4.39 Å². The predicted molar refractivity (Wildman–Crippen MR) is 69.9 cm³/mol. The third-order valence-electron chi connectivity index (χ3n) is 2.12. The second-order valence-electron chi connectivity index (χ2n) is 3.52. The largest absolute Gasteiger partial charge is 0.489 e. The first-order chi connectivity index (χ1) is 8.13. The molecule has 0 fully saturated rings. The lowest BCUT2D eigenvalue weighted by Gasteiger charge is -2.07. The van der Waals surface area contributed by atoms with Gasteiger partial charge in [0.05, 0.1) is 0 Å². The first-order valence-electron chi connectivity index (χ1n) is 4.97. The molecule has 0 N–H and O–H groups in total. The van der Waals surface area contributed by atoms with E-state index in [1.165, 1.54) is 12.1 Å². The average Bonchev–Trinajstić information content (AvgIpc) is 2.25. The minimum absolute atomic E-state index is 0.288. The summed E-state index contributed by atoms with van der Waals surface area (Å²) in [5.74, 6) is 0.377. The Labute approximate surface area is 112 Å². The van der Waals surface area contributed by atoms with Gasteiger partial charge < -0.3 is 4.74 Å². The van der Waals surface area contributed by atoms with Gasteiger partial charge in [-0.3, -0.25) is 0 Å². The molecule has 0 amide bonds. The molecule has 4 heteroatoms. The van der Waals surface area contributed by atoms with Crippen molar-refractivity contribution in [3.63, 3.8) is 0 Å². The molecule has 0 radical (unpaired) electrons. The minimum atomic E-state index is -0.288. The molecule has 88 valence electrons. The highest BCUT2D eigenvalue weighted by Crippen LogP contribution is 2.20. The van der Waals surface area contributed by atoms with Crippen molar-refractivity contribution in [2.45, 2.75) is 6.61 Å². The van der Waals surface area contributed by atoms with Crippen LogP contribution in [0.5, 0.6) is 5.75 Å². The van der Waals surface area contributed by atoms with Gasteiger partial charge >= 0.3 is 0 Å². The maximum Gasteiger partial charge on any atom is 0.124 e. The summed E-state index contributed by atoms with van der Waals surface area (Å²) in [5.41, 5.74) is 0.761. The first-order valence-corrected chi connectivity index (χ1v) is 6.14. The molecule has 0 atom stereocenters. The molecule has 17 heavy (non-hydrogen) atoms. The highest BCUT2D eigenvalue weighted by molar-refractivity contribution is 9.10. The van der Waals surface area contributed by atoms with Crippen LogP contribution in [-0.4, -0.2) is 0 Å². The Morgan fingerprint density at radius 3 is 2.71 bits per heavy atom. The molecule has 2 aromatic carbocycles. The fourth-order valence-corrected chi connectivity index (χ4v) is 2.11. The second-order valence-corrected chi connectivity index (χ2v) is 4.88. The summed E-state index contributed by atoms with van der Waals surface area (Å²) >= 11 is 9.06. The van der Waals surface area contributed by atoms with Crippen LogP contribution in [0.3, 0.4) is 0 Å². The van der Waals surface area contributed by atoms with Crippen molar-refractivity contribution in [2.75, 3.05) is 0 Å². The normalized spacial score (nSPS) is 10.3. The zero-order valence-corrected chi connectivity index (χ0v) is 11.1. The maximum absolute atomic E-state index is 13.1. The van der Waals surface area contributed by atoms with Crippen LogP contribution in [0.25, 0.3) is 0 Å². The SMILES string of the molecule is Fc1cc(Br)cc(COc2cccc(Cl)c2)c1. The molecule has 1 nitrogen and oxygen atoms in total. The number of ether oxygens (including phenoxy) is 1. The molecular weight excluding hydrogens is 306 g/mol. The first kappa shape index (κ1) is 12.4. The summed E-state index contributed by atoms with van der Waals surface area (Å²) in [4.78, 5) is 0. The molecule has 0 bridgehead atoms. The monoisotopic (exact) mass is 314 g/mol. The number of hydrogen-bond acceptors (Lipinski definition) is 1. The molecule has 0 aliphatic carbocycles. The lowest BCUT2D eigenvalue weighted by atomic mass is 10.2. The van der Waals surface area contributed by atoms with Crippen LogP contribution in [0, 0.1) is 5.82 Å². The maximum atomic E-state index is 13.1. The summed E-state index contributed by atoms with van der Waals surface area (Å²) in [7, 11) is 0. The molecule has 2 aromatic rings. The van der Waals surface area contributed by atoms with Crippen molar-refractivity contribution in [3.05, 3.63) is 63.3 Å². The molecule has 0 spiro atoms. The van der Waals surface area contributed by atoms with Crippen molar-refractivity contribution in [1.29, 1.82) is 0 Å². The van der Waals surface area contributed by atoms with Crippen LogP contribution in [0.2, 0.25) is 5.02 Å². The van der Waals surface area contributed by atoms with Gasteiger partial charge in [0.2, 0.25) is 0 Å². The third kappa shape index (κ3) is 3.72. The van der Waals surface area contributed by atoms with E-state index in [1.54, 1.807) is 24.3 Å². The highest BCUT2D eigenvalue weighted by Gasteiger charge is 2.01. The summed E-state index contributed by atoms with van der Waals surface area (Å²) in [5, 5.41) is 0.614. The Morgan fingerprint density at radius 1 is 1.18 bits per heavy atom. The van der Waals surface area contributed by atoms with E-state index >= 15 is 0 Å². The number of hydrogen-bond donors (Lipinski definition) is 0. The smallest absolute Gasteiger partial charge is 0.124 e. The molecule has 0 aliphatic heterocycles. The zero-order chi connectivity index (χ0) is 12.3. The second kappa shape index (κ2) is 5.52. The van der Waals surface area contributed by atoms with Crippen LogP contribution in [0.15, 0.2) is 46.9 Å². The van der Waals surface area contributed by atoms with Gasteiger partial charge in [-0.1, -0.05) is 33.6 Å². The summed E-state index contributed by atoms with van der Waals surface area (Å²) < 4.78 is 19.3. The molecular formula is C13H9BrClFO. The molecule has 0 aliphatic rings. The van der Waals surface area contributed by atoms with Gasteiger partial charge in [-0.05, 0) is 42.0 Å². The lowest BCUT2D eigenvalue weighted by molar-refractivity contribution is 0.305. The fraction of sp³-hybridized carbons (Fsp3) is 0.0769. The number of halogens is 3. The van der Waals surface area contributed by atoms with E-state index in [0.29, 0.717) is 21.9 Å². The Balaban J connectivity index is 2.07. The van der Waals surface area contributed by atoms with Crippen LogP contribution < -0.4 is 4.74 Å². The molecule has 0 aromatic heterocycles. The van der Waals surface area contributed by atoms with Gasteiger partial charge in [0.1, 0.15) is 18.2 Å². The minimum Gasteiger partial charge on any atom is -0.489 e. The van der Waals surface area contributed by atoms with Gasteiger partial charge in [-0.2, -0.15) is 0 Å². The van der Waals surface area contributed by atoms with E-state index < -0.39 is 0 Å². The van der Waals surface area contributed by atoms with Gasteiger partial charge in [-0.25, -0.2) is 4.39 Å². The van der Waals surface area contributed by atoms with Crippen molar-refractivity contribution in [3.8, 4) is 5.75 Å². The summed E-state index contributed by atoms with van der Waals surface area (Å²) in [6, 6.07) is 11.8. The topological polar surface area (TPSA) is 9.23 Å². The number of benzene rings is 2. The van der Waals surface area contributed by atoms with Crippen LogP contribution >= 0.6 is 27.5 Å². The number of rotatable bonds is 3. The van der Waals surface area contributed by atoms with E-state index in [2.05, 4.69) is 15.9 Å². The van der Waals surface area contributed by atoms with E-state index in [9.17, 15) is 4.39 Å². The van der Waals surface area contributed by atoms with Crippen LogP contribution in [0.1, 0.15) is 5.56 Å². The predicted octanol–water partition coefficient (Wildman–Crippen LogP) is 4.82. The fourth-order valence-electron chi connectivity index (χ4n) is 1.42. The van der Waals surface area contributed by atoms with E-state index in [4.69, 9.17) is 16.3 Å². The highest BCUT2D eigenvalue weighted by atomic mass is 79.9. The van der Waals surface area contributed by atoms with Gasteiger partial charge in [-0.15, -0.1) is 0 Å². The molecule has 0 unspecified atom stereocenters. The van der Waals surface area contributed by atoms with Gasteiger partial charge in [0.15, 0.2) is 0 Å². The van der Waals surface area contributed by atoms with E-state index in [-0.39, 0.29) is 5.82 Å². The summed E-state index contributed by atoms with van der Waals surface area (Å²) in [6.07, 6.45) is 0. The molecule has 2 rings (SSSR count). The molecule has 0 heterocycles. The van der Waals surface area contributed by atoms with Crippen molar-refractivity contribution in [1.82, 2.24) is 0 Å². The standard InChI is InChI=1S/C13H9BrClFO/c14-10-4-9(5-12(16)6-10)8-17-13-3-1-2-11(15)7-13/h1-7H,8H2. The van der Waals surface area contributed by atoms with Crippen molar-refractivity contribution in [2.24, 2.45) is 0 Å². The Bertz CT molecular complexity index is 510.